The Hall–Kier alpha value is -3.79. The summed E-state index contributed by atoms with van der Waals surface area (Å²) in [6.07, 6.45) is 0.164. The van der Waals surface area contributed by atoms with Crippen molar-refractivity contribution < 1.29 is 23.5 Å². The molecule has 1 amide bonds. The predicted molar refractivity (Wildman–Crippen MR) is 116 cm³/mol. The van der Waals surface area contributed by atoms with Crippen molar-refractivity contribution in [1.29, 1.82) is 5.26 Å². The maximum absolute atomic E-state index is 12.8. The highest BCUT2D eigenvalue weighted by atomic mass is 16.5. The van der Waals surface area contributed by atoms with Gasteiger partial charge in [-0.05, 0) is 62.2 Å². The molecule has 0 aliphatic rings. The van der Waals surface area contributed by atoms with Crippen LogP contribution < -0.4 is 9.64 Å². The van der Waals surface area contributed by atoms with E-state index in [-0.39, 0.29) is 18.7 Å². The van der Waals surface area contributed by atoms with E-state index < -0.39 is 18.5 Å². The summed E-state index contributed by atoms with van der Waals surface area (Å²) in [5, 5.41) is 9.70. The highest BCUT2D eigenvalue weighted by Gasteiger charge is 2.23. The number of furan rings is 1. The molecule has 0 N–H and O–H groups in total. The lowest BCUT2D eigenvalue weighted by atomic mass is 10.1. The fourth-order valence-electron chi connectivity index (χ4n) is 3.46. The van der Waals surface area contributed by atoms with Crippen LogP contribution in [0.1, 0.15) is 33.7 Å². The van der Waals surface area contributed by atoms with Gasteiger partial charge in [0.2, 0.25) is 5.76 Å². The number of benzene rings is 2. The Morgan fingerprint density at radius 1 is 1.10 bits per heavy atom. The Kier molecular flexibility index (Phi) is 6.61. The van der Waals surface area contributed by atoms with Crippen LogP contribution >= 0.6 is 0 Å². The van der Waals surface area contributed by atoms with Crippen LogP contribution in [0.2, 0.25) is 0 Å². The summed E-state index contributed by atoms with van der Waals surface area (Å²) in [4.78, 5) is 26.9. The standard InChI is InChI=1S/C24H24N2O5/c1-15-10-16(2)12-18(11-15)26(9-5-8-25)22(27)14-30-24(28)23-17(3)20-13-19(29-4)6-7-21(20)31-23/h6-7,10-13H,5,9,14H2,1-4H3. The fourth-order valence-corrected chi connectivity index (χ4v) is 3.46. The molecule has 3 aromatic rings. The third-order valence-corrected chi connectivity index (χ3v) is 4.92. The number of aryl methyl sites for hydroxylation is 3. The van der Waals surface area contributed by atoms with E-state index in [0.717, 1.165) is 16.5 Å². The molecule has 0 saturated carbocycles. The predicted octanol–water partition coefficient (Wildman–Crippen LogP) is 4.47. The van der Waals surface area contributed by atoms with Crippen LogP contribution in [0.5, 0.6) is 5.75 Å². The zero-order chi connectivity index (χ0) is 22.5. The summed E-state index contributed by atoms with van der Waals surface area (Å²) in [5.41, 5.74) is 3.80. The molecule has 31 heavy (non-hydrogen) atoms. The SMILES string of the molecule is COc1ccc2oc(C(=O)OCC(=O)N(CCC#N)c3cc(C)cc(C)c3)c(C)c2c1. The summed E-state index contributed by atoms with van der Waals surface area (Å²) in [6, 6.07) is 13.0. The second kappa shape index (κ2) is 9.35. The molecule has 7 nitrogen and oxygen atoms in total. The van der Waals surface area contributed by atoms with Crippen molar-refractivity contribution in [1.82, 2.24) is 0 Å². The second-order valence-electron chi connectivity index (χ2n) is 7.29. The molecule has 0 spiro atoms. The molecule has 0 saturated heterocycles. The first-order valence-corrected chi connectivity index (χ1v) is 9.84. The first-order valence-electron chi connectivity index (χ1n) is 9.84. The molecule has 0 aliphatic heterocycles. The number of amides is 1. The van der Waals surface area contributed by atoms with E-state index in [1.165, 1.54) is 4.90 Å². The Morgan fingerprint density at radius 3 is 2.45 bits per heavy atom. The van der Waals surface area contributed by atoms with Crippen molar-refractivity contribution >= 4 is 28.5 Å². The lowest BCUT2D eigenvalue weighted by molar-refractivity contribution is -0.121. The number of nitrogens with zero attached hydrogens (tertiary/aromatic N) is 2. The minimum atomic E-state index is -0.721. The molecule has 1 heterocycles. The Bertz CT molecular complexity index is 1150. The average molecular weight is 420 g/mol. The molecular weight excluding hydrogens is 396 g/mol. The summed E-state index contributed by atoms with van der Waals surface area (Å²) >= 11 is 0. The number of carbonyl (C=O) groups is 2. The second-order valence-corrected chi connectivity index (χ2v) is 7.29. The molecule has 160 valence electrons. The van der Waals surface area contributed by atoms with Gasteiger partial charge in [-0.15, -0.1) is 0 Å². The smallest absolute Gasteiger partial charge is 0.375 e. The minimum Gasteiger partial charge on any atom is -0.497 e. The van der Waals surface area contributed by atoms with Crippen LogP contribution in [0.4, 0.5) is 5.69 Å². The number of methoxy groups -OCH3 is 1. The molecular formula is C24H24N2O5. The summed E-state index contributed by atoms with van der Waals surface area (Å²) < 4.78 is 16.1. The number of carbonyl (C=O) groups excluding carboxylic acids is 2. The van der Waals surface area contributed by atoms with Crippen LogP contribution in [0.25, 0.3) is 11.0 Å². The van der Waals surface area contributed by atoms with Crippen LogP contribution in [-0.2, 0) is 9.53 Å². The molecule has 0 atom stereocenters. The molecule has 0 fully saturated rings. The highest BCUT2D eigenvalue weighted by molar-refractivity contribution is 5.99. The Balaban J connectivity index is 1.77. The van der Waals surface area contributed by atoms with Crippen molar-refractivity contribution in [2.24, 2.45) is 0 Å². The Morgan fingerprint density at radius 2 is 1.81 bits per heavy atom. The lowest BCUT2D eigenvalue weighted by Gasteiger charge is -2.22. The lowest BCUT2D eigenvalue weighted by Crippen LogP contribution is -2.35. The van der Waals surface area contributed by atoms with Gasteiger partial charge in [0.1, 0.15) is 11.3 Å². The van der Waals surface area contributed by atoms with Gasteiger partial charge in [0.05, 0.1) is 19.6 Å². The number of ether oxygens (including phenoxy) is 2. The van der Waals surface area contributed by atoms with E-state index in [9.17, 15) is 9.59 Å². The molecule has 1 aromatic heterocycles. The number of anilines is 1. The number of rotatable bonds is 7. The number of hydrogen-bond acceptors (Lipinski definition) is 6. The van der Waals surface area contributed by atoms with Gasteiger partial charge in [-0.3, -0.25) is 4.79 Å². The molecule has 7 heteroatoms. The Labute approximate surface area is 180 Å². The van der Waals surface area contributed by atoms with Crippen molar-refractivity contribution in [3.63, 3.8) is 0 Å². The molecule has 2 aromatic carbocycles. The van der Waals surface area contributed by atoms with Crippen molar-refractivity contribution in [3.8, 4) is 11.8 Å². The van der Waals surface area contributed by atoms with Crippen LogP contribution in [0.3, 0.4) is 0 Å². The van der Waals surface area contributed by atoms with E-state index in [0.29, 0.717) is 22.6 Å². The summed E-state index contributed by atoms with van der Waals surface area (Å²) in [7, 11) is 1.56. The maximum atomic E-state index is 12.8. The molecule has 0 unspecified atom stereocenters. The largest absolute Gasteiger partial charge is 0.497 e. The van der Waals surface area contributed by atoms with E-state index in [2.05, 4.69) is 0 Å². The van der Waals surface area contributed by atoms with Gasteiger partial charge in [-0.1, -0.05) is 6.07 Å². The molecule has 0 aliphatic carbocycles. The first kappa shape index (κ1) is 21.9. The normalized spacial score (nSPS) is 10.5. The van der Waals surface area contributed by atoms with Gasteiger partial charge in [-0.2, -0.15) is 5.26 Å². The third-order valence-electron chi connectivity index (χ3n) is 4.92. The maximum Gasteiger partial charge on any atom is 0.375 e. The van der Waals surface area contributed by atoms with Gasteiger partial charge in [0.25, 0.3) is 5.91 Å². The van der Waals surface area contributed by atoms with E-state index in [1.807, 2.05) is 38.1 Å². The van der Waals surface area contributed by atoms with E-state index in [4.69, 9.17) is 19.2 Å². The van der Waals surface area contributed by atoms with E-state index in [1.54, 1.807) is 32.2 Å². The molecule has 0 bridgehead atoms. The van der Waals surface area contributed by atoms with Crippen LogP contribution in [0, 0.1) is 32.1 Å². The number of fused-ring (bicyclic) bond motifs is 1. The van der Waals surface area contributed by atoms with Crippen molar-refractivity contribution in [2.45, 2.75) is 27.2 Å². The van der Waals surface area contributed by atoms with Crippen molar-refractivity contribution in [3.05, 3.63) is 58.8 Å². The van der Waals surface area contributed by atoms with Crippen LogP contribution in [-0.4, -0.2) is 32.1 Å². The zero-order valence-corrected chi connectivity index (χ0v) is 18.0. The monoisotopic (exact) mass is 420 g/mol. The van der Waals surface area contributed by atoms with Gasteiger partial charge >= 0.3 is 5.97 Å². The average Bonchev–Trinajstić information content (AvgIpc) is 3.07. The summed E-state index contributed by atoms with van der Waals surface area (Å²) in [5.74, 6) is -0.440. The highest BCUT2D eigenvalue weighted by Crippen LogP contribution is 2.29. The first-order chi connectivity index (χ1) is 14.8. The van der Waals surface area contributed by atoms with Gasteiger partial charge in [0, 0.05) is 23.2 Å². The van der Waals surface area contributed by atoms with Crippen molar-refractivity contribution in [2.75, 3.05) is 25.2 Å². The van der Waals surface area contributed by atoms with Gasteiger partial charge < -0.3 is 18.8 Å². The minimum absolute atomic E-state index is 0.0472. The number of nitriles is 1. The number of hydrogen-bond donors (Lipinski definition) is 0. The summed E-state index contributed by atoms with van der Waals surface area (Å²) in [6.45, 7) is 5.36. The fraction of sp³-hybridized carbons (Fsp3) is 0.292. The van der Waals surface area contributed by atoms with E-state index >= 15 is 0 Å². The quantitative estimate of drug-likeness (QED) is 0.524. The van der Waals surface area contributed by atoms with Crippen LogP contribution in [0.15, 0.2) is 40.8 Å². The molecule has 0 radical (unpaired) electrons. The zero-order valence-electron chi connectivity index (χ0n) is 18.0. The topological polar surface area (TPSA) is 92.8 Å². The van der Waals surface area contributed by atoms with Gasteiger partial charge in [-0.25, -0.2) is 4.79 Å². The third kappa shape index (κ3) is 4.86. The molecule has 3 rings (SSSR count). The number of esters is 1. The van der Waals surface area contributed by atoms with Gasteiger partial charge in [0.15, 0.2) is 6.61 Å².